The van der Waals surface area contributed by atoms with Gasteiger partial charge in [0, 0.05) is 10.6 Å². The van der Waals surface area contributed by atoms with Crippen LogP contribution in [0.25, 0.3) is 0 Å². The largest absolute Gasteiger partial charge is 0.462 e. The highest BCUT2D eigenvalue weighted by molar-refractivity contribution is 8.04. The second-order valence-electron chi connectivity index (χ2n) is 7.46. The molecule has 6 nitrogen and oxygen atoms in total. The van der Waals surface area contributed by atoms with Crippen LogP contribution in [0.5, 0.6) is 0 Å². The van der Waals surface area contributed by atoms with Gasteiger partial charge in [-0.1, -0.05) is 29.5 Å². The number of hydrogen-bond acceptors (Lipinski definition) is 6. The van der Waals surface area contributed by atoms with Crippen molar-refractivity contribution in [3.63, 3.8) is 0 Å². The van der Waals surface area contributed by atoms with E-state index in [-0.39, 0.29) is 17.2 Å². The molecule has 0 atom stereocenters. The third-order valence-electron chi connectivity index (χ3n) is 5.03. The predicted molar refractivity (Wildman–Crippen MR) is 129 cm³/mol. The third kappa shape index (κ3) is 4.87. The number of halogens is 1. The Morgan fingerprint density at radius 1 is 0.941 bits per heavy atom. The van der Waals surface area contributed by atoms with Gasteiger partial charge in [0.05, 0.1) is 17.9 Å². The Balaban J connectivity index is 1.68. The van der Waals surface area contributed by atoms with E-state index in [1.54, 1.807) is 6.92 Å². The molecular weight excluding hydrogens is 455 g/mol. The molecule has 0 fully saturated rings. The molecule has 0 bridgehead atoms. The maximum absolute atomic E-state index is 13.4. The van der Waals surface area contributed by atoms with Crippen molar-refractivity contribution in [1.82, 2.24) is 0 Å². The number of nitrogens with one attached hydrogen (secondary N) is 1. The van der Waals surface area contributed by atoms with Crippen molar-refractivity contribution < 1.29 is 23.5 Å². The second-order valence-corrected chi connectivity index (χ2v) is 8.55. The van der Waals surface area contributed by atoms with Crippen LogP contribution in [0.3, 0.4) is 0 Å². The Morgan fingerprint density at radius 3 is 2.21 bits per heavy atom. The molecule has 2 amide bonds. The van der Waals surface area contributed by atoms with Crippen molar-refractivity contribution >= 4 is 40.9 Å². The standard InChI is InChI=1S/C26H21FN2O4S/c1-3-33-26(32)17-6-12-20(13-7-17)29-24(30)22(28-19-10-8-18(27)9-11-19)23(25(29)31)34-21-14-4-16(2)5-15-21/h4-15,28H,3H2,1-2H3. The molecule has 0 spiro atoms. The molecule has 8 heteroatoms. The van der Waals surface area contributed by atoms with Gasteiger partial charge in [-0.15, -0.1) is 0 Å². The minimum absolute atomic E-state index is 0.0941. The molecule has 0 unspecified atom stereocenters. The van der Waals surface area contributed by atoms with Crippen molar-refractivity contribution in [2.24, 2.45) is 0 Å². The van der Waals surface area contributed by atoms with Crippen LogP contribution in [0.15, 0.2) is 88.3 Å². The number of thioether (sulfide) groups is 1. The Kier molecular flexibility index (Phi) is 6.79. The smallest absolute Gasteiger partial charge is 0.338 e. The van der Waals surface area contributed by atoms with Crippen molar-refractivity contribution in [1.29, 1.82) is 0 Å². The number of aryl methyl sites for hydroxylation is 1. The topological polar surface area (TPSA) is 75.7 Å². The third-order valence-corrected chi connectivity index (χ3v) is 6.12. The molecule has 1 N–H and O–H groups in total. The van der Waals surface area contributed by atoms with Crippen LogP contribution < -0.4 is 10.2 Å². The summed E-state index contributed by atoms with van der Waals surface area (Å²) in [6.07, 6.45) is 0. The molecule has 0 aromatic heterocycles. The van der Waals surface area contributed by atoms with E-state index in [4.69, 9.17) is 4.74 Å². The van der Waals surface area contributed by atoms with Crippen molar-refractivity contribution in [3.8, 4) is 0 Å². The highest BCUT2D eigenvalue weighted by Crippen LogP contribution is 2.38. The molecule has 1 heterocycles. The van der Waals surface area contributed by atoms with E-state index in [1.165, 1.54) is 60.3 Å². The number of imide groups is 1. The summed E-state index contributed by atoms with van der Waals surface area (Å²) < 4.78 is 18.3. The highest BCUT2D eigenvalue weighted by Gasteiger charge is 2.40. The van der Waals surface area contributed by atoms with Crippen LogP contribution in [0.4, 0.5) is 15.8 Å². The fourth-order valence-corrected chi connectivity index (χ4v) is 4.24. The van der Waals surface area contributed by atoms with Crippen LogP contribution in [0.2, 0.25) is 0 Å². The van der Waals surface area contributed by atoms with Crippen LogP contribution in [0, 0.1) is 12.7 Å². The van der Waals surface area contributed by atoms with E-state index in [0.717, 1.165) is 15.4 Å². The quantitative estimate of drug-likeness (QED) is 0.368. The molecule has 0 aliphatic carbocycles. The summed E-state index contributed by atoms with van der Waals surface area (Å²) in [5.74, 6) is -1.94. The average Bonchev–Trinajstić information content (AvgIpc) is 3.06. The number of carbonyl (C=O) groups excluding carboxylic acids is 3. The SMILES string of the molecule is CCOC(=O)c1ccc(N2C(=O)C(Nc3ccc(F)cc3)=C(Sc3ccc(C)cc3)C2=O)cc1. The van der Waals surface area contributed by atoms with Gasteiger partial charge in [0.1, 0.15) is 16.4 Å². The number of benzene rings is 3. The van der Waals surface area contributed by atoms with E-state index < -0.39 is 23.6 Å². The Morgan fingerprint density at radius 2 is 1.59 bits per heavy atom. The number of esters is 1. The van der Waals surface area contributed by atoms with Gasteiger partial charge in [0.15, 0.2) is 0 Å². The summed E-state index contributed by atoms with van der Waals surface area (Å²) in [5, 5.41) is 2.98. The zero-order chi connectivity index (χ0) is 24.2. The summed E-state index contributed by atoms with van der Waals surface area (Å²) in [5.41, 5.74) is 2.27. The Hall–Kier alpha value is -3.91. The number of rotatable bonds is 7. The van der Waals surface area contributed by atoms with Crippen LogP contribution in [-0.4, -0.2) is 24.4 Å². The van der Waals surface area contributed by atoms with Gasteiger partial charge in [0.2, 0.25) is 0 Å². The second kappa shape index (κ2) is 9.93. The van der Waals surface area contributed by atoms with E-state index >= 15 is 0 Å². The Labute approximate surface area is 200 Å². The lowest BCUT2D eigenvalue weighted by atomic mass is 10.2. The van der Waals surface area contributed by atoms with Gasteiger partial charge in [-0.2, -0.15) is 0 Å². The van der Waals surface area contributed by atoms with Crippen LogP contribution in [0.1, 0.15) is 22.8 Å². The zero-order valence-corrected chi connectivity index (χ0v) is 19.3. The monoisotopic (exact) mass is 476 g/mol. The van der Waals surface area contributed by atoms with E-state index in [2.05, 4.69) is 5.32 Å². The first-order valence-electron chi connectivity index (χ1n) is 10.5. The van der Waals surface area contributed by atoms with E-state index in [0.29, 0.717) is 16.9 Å². The minimum Gasteiger partial charge on any atom is -0.462 e. The first-order chi connectivity index (χ1) is 16.4. The molecule has 3 aromatic carbocycles. The average molecular weight is 477 g/mol. The van der Waals surface area contributed by atoms with Crippen LogP contribution >= 0.6 is 11.8 Å². The molecule has 1 aliphatic heterocycles. The normalized spacial score (nSPS) is 13.4. The van der Waals surface area contributed by atoms with Gasteiger partial charge in [-0.3, -0.25) is 9.59 Å². The van der Waals surface area contributed by atoms with Crippen molar-refractivity contribution in [3.05, 3.63) is 100 Å². The lowest BCUT2D eigenvalue weighted by Crippen LogP contribution is -2.32. The van der Waals surface area contributed by atoms with Crippen molar-refractivity contribution in [2.75, 3.05) is 16.8 Å². The Bertz CT molecular complexity index is 1200. The molecular formula is C26H21FN2O4S. The molecule has 172 valence electrons. The maximum atomic E-state index is 13.4. The predicted octanol–water partition coefficient (Wildman–Crippen LogP) is 5.30. The zero-order valence-electron chi connectivity index (χ0n) is 18.5. The lowest BCUT2D eigenvalue weighted by Gasteiger charge is -2.15. The molecule has 34 heavy (non-hydrogen) atoms. The number of hydrogen-bond donors (Lipinski definition) is 1. The molecule has 1 aliphatic rings. The van der Waals surface area contributed by atoms with Gasteiger partial charge in [-0.05, 0) is 74.5 Å². The number of amides is 2. The minimum atomic E-state index is -0.548. The molecule has 0 saturated heterocycles. The van der Waals surface area contributed by atoms with Crippen LogP contribution in [-0.2, 0) is 14.3 Å². The molecule has 0 radical (unpaired) electrons. The fourth-order valence-electron chi connectivity index (χ4n) is 3.31. The summed E-state index contributed by atoms with van der Waals surface area (Å²) in [6, 6.07) is 19.2. The maximum Gasteiger partial charge on any atom is 0.338 e. The molecule has 4 rings (SSSR count). The number of carbonyl (C=O) groups is 3. The fraction of sp³-hybridized carbons (Fsp3) is 0.115. The van der Waals surface area contributed by atoms with E-state index in [1.807, 2.05) is 31.2 Å². The summed E-state index contributed by atoms with van der Waals surface area (Å²) >= 11 is 1.17. The number of nitrogens with zero attached hydrogens (tertiary/aromatic N) is 1. The first kappa shape index (κ1) is 23.3. The lowest BCUT2D eigenvalue weighted by molar-refractivity contribution is -0.120. The van der Waals surface area contributed by atoms with Gasteiger partial charge in [-0.25, -0.2) is 14.1 Å². The van der Waals surface area contributed by atoms with E-state index in [9.17, 15) is 18.8 Å². The van der Waals surface area contributed by atoms with Gasteiger partial charge < -0.3 is 10.1 Å². The molecule has 3 aromatic rings. The van der Waals surface area contributed by atoms with Gasteiger partial charge >= 0.3 is 5.97 Å². The van der Waals surface area contributed by atoms with Gasteiger partial charge in [0.25, 0.3) is 11.8 Å². The summed E-state index contributed by atoms with van der Waals surface area (Å²) in [7, 11) is 0. The summed E-state index contributed by atoms with van der Waals surface area (Å²) in [6.45, 7) is 3.91. The first-order valence-corrected chi connectivity index (χ1v) is 11.4. The van der Waals surface area contributed by atoms with Crippen molar-refractivity contribution in [2.45, 2.75) is 18.7 Å². The summed E-state index contributed by atoms with van der Waals surface area (Å²) in [4.78, 5) is 40.8. The molecule has 0 saturated carbocycles. The highest BCUT2D eigenvalue weighted by atomic mass is 32.2. The number of anilines is 2. The number of ether oxygens (including phenoxy) is 1.